The average Bonchev–Trinajstić information content (AvgIpc) is 2.65. The topological polar surface area (TPSA) is 60.0 Å². The van der Waals surface area contributed by atoms with Gasteiger partial charge in [-0.15, -0.1) is 0 Å². The number of hydrogen-bond acceptors (Lipinski definition) is 5. The highest BCUT2D eigenvalue weighted by Crippen LogP contribution is 2.29. The third-order valence-corrected chi connectivity index (χ3v) is 3.94. The molecule has 5 nitrogen and oxygen atoms in total. The standard InChI is InChI=1S/C21H29NO4/c1-3-25-21-14-18(15-22-10-12-24-13-11-23)8-9-20(21)26-16-19-7-5-4-6-17(19)2/h4-9,14,22-23H,3,10-13,15-16H2,1-2H3. The van der Waals surface area contributed by atoms with E-state index in [1.165, 1.54) is 11.1 Å². The van der Waals surface area contributed by atoms with Crippen molar-refractivity contribution in [2.45, 2.75) is 27.0 Å². The first-order chi connectivity index (χ1) is 12.7. The molecular formula is C21H29NO4. The van der Waals surface area contributed by atoms with Crippen LogP contribution in [0.25, 0.3) is 0 Å². The van der Waals surface area contributed by atoms with Gasteiger partial charge in [-0.1, -0.05) is 30.3 Å². The Morgan fingerprint density at radius 1 is 1.00 bits per heavy atom. The van der Waals surface area contributed by atoms with E-state index < -0.39 is 0 Å². The first kappa shape index (κ1) is 20.2. The molecule has 0 aliphatic heterocycles. The molecule has 2 N–H and O–H groups in total. The summed E-state index contributed by atoms with van der Waals surface area (Å²) in [7, 11) is 0. The predicted molar refractivity (Wildman–Crippen MR) is 103 cm³/mol. The molecule has 5 heteroatoms. The summed E-state index contributed by atoms with van der Waals surface area (Å²) in [5.41, 5.74) is 3.51. The Morgan fingerprint density at radius 3 is 2.62 bits per heavy atom. The Morgan fingerprint density at radius 2 is 1.85 bits per heavy atom. The Kier molecular flexibility index (Phi) is 8.96. The summed E-state index contributed by atoms with van der Waals surface area (Å²) in [6, 6.07) is 14.2. The van der Waals surface area contributed by atoms with Crippen LogP contribution in [0, 0.1) is 6.92 Å². The zero-order valence-corrected chi connectivity index (χ0v) is 15.7. The van der Waals surface area contributed by atoms with Crippen LogP contribution in [0.15, 0.2) is 42.5 Å². The lowest BCUT2D eigenvalue weighted by Crippen LogP contribution is -2.20. The smallest absolute Gasteiger partial charge is 0.161 e. The second kappa shape index (κ2) is 11.5. The summed E-state index contributed by atoms with van der Waals surface area (Å²) >= 11 is 0. The zero-order chi connectivity index (χ0) is 18.6. The van der Waals surface area contributed by atoms with Crippen molar-refractivity contribution in [3.05, 3.63) is 59.2 Å². The van der Waals surface area contributed by atoms with Gasteiger partial charge in [0.15, 0.2) is 11.5 Å². The van der Waals surface area contributed by atoms with Crippen molar-refractivity contribution >= 4 is 0 Å². The van der Waals surface area contributed by atoms with Crippen LogP contribution in [-0.2, 0) is 17.9 Å². The quantitative estimate of drug-likeness (QED) is 0.571. The predicted octanol–water partition coefficient (Wildman–Crippen LogP) is 3.07. The Balaban J connectivity index is 1.91. The van der Waals surface area contributed by atoms with E-state index in [9.17, 15) is 0 Å². The molecule has 2 aromatic carbocycles. The van der Waals surface area contributed by atoms with E-state index in [0.29, 0.717) is 26.4 Å². The highest BCUT2D eigenvalue weighted by atomic mass is 16.5. The fourth-order valence-electron chi connectivity index (χ4n) is 2.52. The number of aliphatic hydroxyl groups excluding tert-OH is 1. The lowest BCUT2D eigenvalue weighted by atomic mass is 10.1. The van der Waals surface area contributed by atoms with E-state index in [1.807, 2.05) is 37.3 Å². The van der Waals surface area contributed by atoms with Gasteiger partial charge in [-0.3, -0.25) is 0 Å². The number of ether oxygens (including phenoxy) is 3. The molecule has 0 aliphatic rings. The Bertz CT molecular complexity index is 660. The highest BCUT2D eigenvalue weighted by Gasteiger charge is 2.08. The van der Waals surface area contributed by atoms with Gasteiger partial charge in [0, 0.05) is 13.1 Å². The normalized spacial score (nSPS) is 10.7. The molecule has 0 saturated heterocycles. The minimum atomic E-state index is 0.0572. The third kappa shape index (κ3) is 6.67. The van der Waals surface area contributed by atoms with Crippen molar-refractivity contribution in [3.8, 4) is 11.5 Å². The molecule has 0 fully saturated rings. The molecule has 0 radical (unpaired) electrons. The number of aliphatic hydroxyl groups is 1. The number of hydrogen-bond donors (Lipinski definition) is 2. The van der Waals surface area contributed by atoms with Crippen molar-refractivity contribution in [2.75, 3.05) is 33.0 Å². The van der Waals surface area contributed by atoms with Crippen LogP contribution >= 0.6 is 0 Å². The molecule has 0 saturated carbocycles. The molecule has 0 unspecified atom stereocenters. The summed E-state index contributed by atoms with van der Waals surface area (Å²) in [6.45, 7) is 7.63. The molecule has 0 heterocycles. The fraction of sp³-hybridized carbons (Fsp3) is 0.429. The molecule has 0 aliphatic carbocycles. The van der Waals surface area contributed by atoms with Crippen LogP contribution in [0.1, 0.15) is 23.6 Å². The molecular weight excluding hydrogens is 330 g/mol. The number of nitrogens with one attached hydrogen (secondary N) is 1. The Labute approximate surface area is 155 Å². The number of rotatable bonds is 12. The van der Waals surface area contributed by atoms with Crippen LogP contribution in [0.5, 0.6) is 11.5 Å². The van der Waals surface area contributed by atoms with Crippen LogP contribution in [-0.4, -0.2) is 38.1 Å². The third-order valence-electron chi connectivity index (χ3n) is 3.94. The molecule has 0 bridgehead atoms. The van der Waals surface area contributed by atoms with Crippen LogP contribution in [0.3, 0.4) is 0 Å². The van der Waals surface area contributed by atoms with Crippen LogP contribution in [0.4, 0.5) is 0 Å². The van der Waals surface area contributed by atoms with E-state index in [0.717, 1.165) is 30.2 Å². The first-order valence-corrected chi connectivity index (χ1v) is 9.07. The molecule has 26 heavy (non-hydrogen) atoms. The largest absolute Gasteiger partial charge is 0.490 e. The molecule has 2 aromatic rings. The van der Waals surface area contributed by atoms with Crippen LogP contribution < -0.4 is 14.8 Å². The second-order valence-corrected chi connectivity index (χ2v) is 5.94. The summed E-state index contributed by atoms with van der Waals surface area (Å²) in [4.78, 5) is 0. The summed E-state index contributed by atoms with van der Waals surface area (Å²) < 4.78 is 17.0. The number of benzene rings is 2. The highest BCUT2D eigenvalue weighted by molar-refractivity contribution is 5.43. The van der Waals surface area contributed by atoms with Crippen molar-refractivity contribution < 1.29 is 19.3 Å². The van der Waals surface area contributed by atoms with Crippen LogP contribution in [0.2, 0.25) is 0 Å². The summed E-state index contributed by atoms with van der Waals surface area (Å²) in [6.07, 6.45) is 0. The minimum absolute atomic E-state index is 0.0572. The molecule has 0 spiro atoms. The number of aryl methyl sites for hydroxylation is 1. The van der Waals surface area contributed by atoms with Crippen molar-refractivity contribution in [3.63, 3.8) is 0 Å². The van der Waals surface area contributed by atoms with Gasteiger partial charge in [-0.25, -0.2) is 0 Å². The van der Waals surface area contributed by atoms with Gasteiger partial charge < -0.3 is 24.6 Å². The lowest BCUT2D eigenvalue weighted by Gasteiger charge is -2.14. The van der Waals surface area contributed by atoms with E-state index in [2.05, 4.69) is 24.4 Å². The summed E-state index contributed by atoms with van der Waals surface area (Å²) in [5, 5.41) is 12.0. The molecule has 142 valence electrons. The van der Waals surface area contributed by atoms with E-state index in [4.69, 9.17) is 19.3 Å². The van der Waals surface area contributed by atoms with E-state index in [1.54, 1.807) is 0 Å². The SMILES string of the molecule is CCOc1cc(CNCCOCCO)ccc1OCc1ccccc1C. The molecule has 0 aromatic heterocycles. The molecule has 0 amide bonds. The maximum atomic E-state index is 8.67. The second-order valence-electron chi connectivity index (χ2n) is 5.94. The van der Waals surface area contributed by atoms with Gasteiger partial charge in [-0.2, -0.15) is 0 Å². The lowest BCUT2D eigenvalue weighted by molar-refractivity contribution is 0.0938. The van der Waals surface area contributed by atoms with Gasteiger partial charge in [0.05, 0.1) is 26.4 Å². The van der Waals surface area contributed by atoms with Gasteiger partial charge in [0.2, 0.25) is 0 Å². The minimum Gasteiger partial charge on any atom is -0.490 e. The maximum Gasteiger partial charge on any atom is 0.161 e. The van der Waals surface area contributed by atoms with Gasteiger partial charge in [-0.05, 0) is 42.7 Å². The van der Waals surface area contributed by atoms with Gasteiger partial charge in [0.25, 0.3) is 0 Å². The van der Waals surface area contributed by atoms with Crippen molar-refractivity contribution in [1.82, 2.24) is 5.32 Å². The van der Waals surface area contributed by atoms with E-state index in [-0.39, 0.29) is 6.61 Å². The van der Waals surface area contributed by atoms with Gasteiger partial charge in [0.1, 0.15) is 6.61 Å². The maximum absolute atomic E-state index is 8.67. The van der Waals surface area contributed by atoms with Crippen molar-refractivity contribution in [2.24, 2.45) is 0 Å². The molecule has 2 rings (SSSR count). The summed E-state index contributed by atoms with van der Waals surface area (Å²) in [5.74, 6) is 1.52. The Hall–Kier alpha value is -2.08. The monoisotopic (exact) mass is 359 g/mol. The first-order valence-electron chi connectivity index (χ1n) is 9.07. The van der Waals surface area contributed by atoms with Gasteiger partial charge >= 0.3 is 0 Å². The van der Waals surface area contributed by atoms with E-state index >= 15 is 0 Å². The zero-order valence-electron chi connectivity index (χ0n) is 15.7. The average molecular weight is 359 g/mol. The fourth-order valence-corrected chi connectivity index (χ4v) is 2.52. The molecule has 0 atom stereocenters. The van der Waals surface area contributed by atoms with Crippen molar-refractivity contribution in [1.29, 1.82) is 0 Å².